The van der Waals surface area contributed by atoms with Gasteiger partial charge in [-0.2, -0.15) is 0 Å². The molecule has 0 aliphatic rings. The normalized spacial score (nSPS) is 10.4. The molecule has 25 heavy (non-hydrogen) atoms. The molecule has 1 aromatic heterocycles. The third-order valence-electron chi connectivity index (χ3n) is 4.07. The third kappa shape index (κ3) is 4.15. The number of likely N-dealkylation sites (N-methyl/N-ethyl adjacent to an activating group) is 1. The van der Waals surface area contributed by atoms with Crippen LogP contribution < -0.4 is 5.32 Å². The van der Waals surface area contributed by atoms with Crippen molar-refractivity contribution in [2.45, 2.75) is 27.7 Å². The highest BCUT2D eigenvalue weighted by molar-refractivity contribution is 6.03. The van der Waals surface area contributed by atoms with Gasteiger partial charge in [0.2, 0.25) is 5.91 Å². The second kappa shape index (κ2) is 7.34. The molecule has 6 nitrogen and oxygen atoms in total. The Morgan fingerprint density at radius 3 is 2.20 bits per heavy atom. The van der Waals surface area contributed by atoms with Gasteiger partial charge in [0.1, 0.15) is 5.69 Å². The number of H-pyrrole nitrogens is 1. The minimum Gasteiger partial charge on any atom is -0.354 e. The summed E-state index contributed by atoms with van der Waals surface area (Å²) in [6, 6.07) is 7.43. The van der Waals surface area contributed by atoms with Crippen LogP contribution in [0.4, 0.5) is 5.69 Å². The highest BCUT2D eigenvalue weighted by atomic mass is 16.2. The second-order valence-corrected chi connectivity index (χ2v) is 6.26. The van der Waals surface area contributed by atoms with E-state index >= 15 is 0 Å². The van der Waals surface area contributed by atoms with Crippen LogP contribution in [0.5, 0.6) is 0 Å². The van der Waals surface area contributed by atoms with Crippen LogP contribution in [-0.2, 0) is 4.79 Å². The number of hydrogen-bond acceptors (Lipinski definition) is 3. The average molecular weight is 341 g/mol. The van der Waals surface area contributed by atoms with Gasteiger partial charge in [-0.3, -0.25) is 14.4 Å². The number of aromatic nitrogens is 1. The van der Waals surface area contributed by atoms with Gasteiger partial charge in [-0.05, 0) is 45.4 Å². The molecule has 0 saturated heterocycles. The predicted molar refractivity (Wildman–Crippen MR) is 97.0 cm³/mol. The van der Waals surface area contributed by atoms with Crippen LogP contribution in [0.1, 0.15) is 44.6 Å². The SMILES string of the molecule is CC(=O)c1c(C)[nH]c(C(=O)N(C)CC(=O)Nc2ccc(C)cc2)c1C. The van der Waals surface area contributed by atoms with Crippen molar-refractivity contribution in [2.24, 2.45) is 0 Å². The van der Waals surface area contributed by atoms with Crippen LogP contribution in [0, 0.1) is 20.8 Å². The quantitative estimate of drug-likeness (QED) is 0.821. The number of ketones is 1. The second-order valence-electron chi connectivity index (χ2n) is 6.26. The highest BCUT2D eigenvalue weighted by Gasteiger charge is 2.23. The van der Waals surface area contributed by atoms with E-state index in [0.29, 0.717) is 28.2 Å². The molecule has 0 atom stereocenters. The lowest BCUT2D eigenvalue weighted by Gasteiger charge is -2.16. The number of aryl methyl sites for hydroxylation is 2. The Hall–Kier alpha value is -2.89. The van der Waals surface area contributed by atoms with Crippen molar-refractivity contribution in [1.82, 2.24) is 9.88 Å². The molecule has 0 spiro atoms. The zero-order valence-corrected chi connectivity index (χ0v) is 15.2. The van der Waals surface area contributed by atoms with Crippen LogP contribution in [-0.4, -0.2) is 41.1 Å². The van der Waals surface area contributed by atoms with Gasteiger partial charge in [0.15, 0.2) is 5.78 Å². The van der Waals surface area contributed by atoms with Gasteiger partial charge in [-0.25, -0.2) is 0 Å². The first-order chi connectivity index (χ1) is 11.7. The Kier molecular flexibility index (Phi) is 5.41. The van der Waals surface area contributed by atoms with Gasteiger partial charge < -0.3 is 15.2 Å². The summed E-state index contributed by atoms with van der Waals surface area (Å²) in [6.45, 7) is 6.84. The summed E-state index contributed by atoms with van der Waals surface area (Å²) in [5, 5.41) is 2.76. The first kappa shape index (κ1) is 18.4. The van der Waals surface area contributed by atoms with Crippen molar-refractivity contribution in [3.05, 3.63) is 52.3 Å². The third-order valence-corrected chi connectivity index (χ3v) is 4.07. The number of nitrogens with one attached hydrogen (secondary N) is 2. The fraction of sp³-hybridized carbons (Fsp3) is 0.316. The van der Waals surface area contributed by atoms with Crippen molar-refractivity contribution in [3.63, 3.8) is 0 Å². The molecule has 0 fully saturated rings. The van der Waals surface area contributed by atoms with Crippen molar-refractivity contribution in [2.75, 3.05) is 18.9 Å². The maximum atomic E-state index is 12.6. The van der Waals surface area contributed by atoms with E-state index in [1.54, 1.807) is 20.9 Å². The van der Waals surface area contributed by atoms with Crippen molar-refractivity contribution >= 4 is 23.3 Å². The molecular weight excluding hydrogens is 318 g/mol. The Morgan fingerprint density at radius 2 is 1.68 bits per heavy atom. The molecule has 1 heterocycles. The largest absolute Gasteiger partial charge is 0.354 e. The number of nitrogens with zero attached hydrogens (tertiary/aromatic N) is 1. The minimum atomic E-state index is -0.327. The molecule has 2 N–H and O–H groups in total. The lowest BCUT2D eigenvalue weighted by molar-refractivity contribution is -0.116. The van der Waals surface area contributed by atoms with E-state index in [0.717, 1.165) is 5.56 Å². The van der Waals surface area contributed by atoms with E-state index in [4.69, 9.17) is 0 Å². The molecule has 2 aromatic rings. The number of aromatic amines is 1. The number of hydrogen-bond donors (Lipinski definition) is 2. The standard InChI is InChI=1S/C19H23N3O3/c1-11-6-8-15(9-7-11)21-16(24)10-22(5)19(25)18-12(2)17(14(4)23)13(3)20-18/h6-9,20H,10H2,1-5H3,(H,21,24). The molecule has 1 aromatic carbocycles. The number of Topliss-reactive ketones (excluding diaryl/α,β-unsaturated/α-hetero) is 1. The molecule has 0 bridgehead atoms. The summed E-state index contributed by atoms with van der Waals surface area (Å²) >= 11 is 0. The maximum absolute atomic E-state index is 12.6. The molecule has 0 saturated carbocycles. The van der Waals surface area contributed by atoms with Gasteiger partial charge in [-0.15, -0.1) is 0 Å². The van der Waals surface area contributed by atoms with Gasteiger partial charge >= 0.3 is 0 Å². The van der Waals surface area contributed by atoms with Gasteiger partial charge in [0.05, 0.1) is 6.54 Å². The molecule has 0 aliphatic heterocycles. The number of amides is 2. The molecule has 0 unspecified atom stereocenters. The van der Waals surface area contributed by atoms with E-state index < -0.39 is 0 Å². The Morgan fingerprint density at radius 1 is 1.08 bits per heavy atom. The van der Waals surface area contributed by atoms with Gasteiger partial charge in [-0.1, -0.05) is 17.7 Å². The van der Waals surface area contributed by atoms with Crippen LogP contribution in [0.25, 0.3) is 0 Å². The van der Waals surface area contributed by atoms with Crippen molar-refractivity contribution in [3.8, 4) is 0 Å². The lowest BCUT2D eigenvalue weighted by atomic mass is 10.1. The van der Waals surface area contributed by atoms with Crippen molar-refractivity contribution in [1.29, 1.82) is 0 Å². The summed E-state index contributed by atoms with van der Waals surface area (Å²) in [4.78, 5) is 40.7. The van der Waals surface area contributed by atoms with E-state index in [9.17, 15) is 14.4 Å². The molecule has 132 valence electrons. The smallest absolute Gasteiger partial charge is 0.270 e. The van der Waals surface area contributed by atoms with Crippen molar-refractivity contribution < 1.29 is 14.4 Å². The van der Waals surface area contributed by atoms with Crippen LogP contribution in [0.2, 0.25) is 0 Å². The number of anilines is 1. The van der Waals surface area contributed by atoms with Gasteiger partial charge in [0, 0.05) is 24.0 Å². The number of rotatable bonds is 5. The zero-order chi connectivity index (χ0) is 18.7. The summed E-state index contributed by atoms with van der Waals surface area (Å²) in [5.74, 6) is -0.704. The molecule has 0 radical (unpaired) electrons. The summed E-state index contributed by atoms with van der Waals surface area (Å²) in [5.41, 5.74) is 3.92. The van der Waals surface area contributed by atoms with E-state index in [1.165, 1.54) is 11.8 Å². The highest BCUT2D eigenvalue weighted by Crippen LogP contribution is 2.19. The zero-order valence-electron chi connectivity index (χ0n) is 15.2. The first-order valence-electron chi connectivity index (χ1n) is 8.02. The molecule has 6 heteroatoms. The van der Waals surface area contributed by atoms with Gasteiger partial charge in [0.25, 0.3) is 5.91 Å². The molecule has 0 aliphatic carbocycles. The fourth-order valence-corrected chi connectivity index (χ4v) is 2.81. The van der Waals surface area contributed by atoms with Crippen LogP contribution in [0.3, 0.4) is 0 Å². The molecular formula is C19H23N3O3. The van der Waals surface area contributed by atoms with E-state index in [-0.39, 0.29) is 24.1 Å². The van der Waals surface area contributed by atoms with Crippen LogP contribution in [0.15, 0.2) is 24.3 Å². The number of carbonyl (C=O) groups is 3. The Balaban J connectivity index is 2.07. The predicted octanol–water partition coefficient (Wildman–Crippen LogP) is 2.85. The topological polar surface area (TPSA) is 82.3 Å². The Bertz CT molecular complexity index is 819. The fourth-order valence-electron chi connectivity index (χ4n) is 2.81. The number of benzene rings is 1. The summed E-state index contributed by atoms with van der Waals surface area (Å²) in [7, 11) is 1.56. The number of carbonyl (C=O) groups excluding carboxylic acids is 3. The summed E-state index contributed by atoms with van der Waals surface area (Å²) in [6.07, 6.45) is 0. The Labute approximate surface area is 147 Å². The molecule has 2 rings (SSSR count). The maximum Gasteiger partial charge on any atom is 0.270 e. The minimum absolute atomic E-state index is 0.0837. The van der Waals surface area contributed by atoms with E-state index in [1.807, 2.05) is 31.2 Å². The first-order valence-corrected chi connectivity index (χ1v) is 8.02. The lowest BCUT2D eigenvalue weighted by Crippen LogP contribution is -2.35. The van der Waals surface area contributed by atoms with E-state index in [2.05, 4.69) is 10.3 Å². The average Bonchev–Trinajstić information content (AvgIpc) is 2.83. The monoisotopic (exact) mass is 341 g/mol. The van der Waals surface area contributed by atoms with Crippen LogP contribution >= 0.6 is 0 Å². The molecule has 2 amide bonds. The summed E-state index contributed by atoms with van der Waals surface area (Å²) < 4.78 is 0.